The van der Waals surface area contributed by atoms with Crippen LogP contribution in [0.3, 0.4) is 0 Å². The van der Waals surface area contributed by atoms with Gasteiger partial charge in [0.1, 0.15) is 0 Å². The lowest BCUT2D eigenvalue weighted by Gasteiger charge is -2.35. The van der Waals surface area contributed by atoms with E-state index in [9.17, 15) is 4.79 Å². The number of carbonyl (C=O) groups is 1. The van der Waals surface area contributed by atoms with Crippen molar-refractivity contribution < 1.29 is 4.79 Å². The molecule has 128 valence electrons. The van der Waals surface area contributed by atoms with E-state index in [1.165, 1.54) is 43.4 Å². The number of carbonyl (C=O) groups excluding carboxylic acids is 1. The lowest BCUT2D eigenvalue weighted by molar-refractivity contribution is -0.120. The summed E-state index contributed by atoms with van der Waals surface area (Å²) in [4.78, 5) is 14.7. The molecular formula is C20H32N2O. The van der Waals surface area contributed by atoms with Gasteiger partial charge < -0.3 is 10.2 Å². The number of benzene rings is 1. The number of nitrogens with one attached hydrogen (secondary N) is 1. The van der Waals surface area contributed by atoms with Crippen LogP contribution in [-0.4, -0.2) is 36.5 Å². The molecule has 1 heterocycles. The molecule has 1 fully saturated rings. The minimum Gasteiger partial charge on any atom is -0.356 e. The van der Waals surface area contributed by atoms with Crippen LogP contribution in [0.5, 0.6) is 0 Å². The van der Waals surface area contributed by atoms with Crippen molar-refractivity contribution in [2.75, 3.05) is 19.6 Å². The van der Waals surface area contributed by atoms with Crippen LogP contribution < -0.4 is 5.32 Å². The Bertz CT molecular complexity index is 512. The van der Waals surface area contributed by atoms with E-state index >= 15 is 0 Å². The highest BCUT2D eigenvalue weighted by Gasteiger charge is 2.19. The smallest absolute Gasteiger partial charge is 0.224 e. The molecular weight excluding hydrogens is 284 g/mol. The molecule has 1 aliphatic heterocycles. The summed E-state index contributed by atoms with van der Waals surface area (Å²) < 4.78 is 0. The normalized spacial score (nSPS) is 18.8. The molecule has 1 atom stereocenters. The maximum Gasteiger partial charge on any atom is 0.224 e. The second-order valence-corrected chi connectivity index (χ2v) is 6.90. The van der Waals surface area contributed by atoms with Crippen LogP contribution in [0.1, 0.15) is 55.7 Å². The van der Waals surface area contributed by atoms with Crippen LogP contribution in [0.4, 0.5) is 0 Å². The third kappa shape index (κ3) is 5.65. The first-order chi connectivity index (χ1) is 11.1. The summed E-state index contributed by atoms with van der Waals surface area (Å²) in [5.41, 5.74) is 3.56. The SMILES string of the molecule is CC[C@@H]1CCCCN1CCCNC(=O)Cc1cc(C)ccc1C. The van der Waals surface area contributed by atoms with Gasteiger partial charge in [0.25, 0.3) is 0 Å². The van der Waals surface area contributed by atoms with E-state index in [0.717, 1.165) is 31.1 Å². The molecule has 0 radical (unpaired) electrons. The van der Waals surface area contributed by atoms with E-state index in [-0.39, 0.29) is 5.91 Å². The largest absolute Gasteiger partial charge is 0.356 e. The molecule has 0 aromatic heterocycles. The van der Waals surface area contributed by atoms with Gasteiger partial charge in [0.2, 0.25) is 5.91 Å². The Hall–Kier alpha value is -1.35. The average molecular weight is 316 g/mol. The fourth-order valence-corrected chi connectivity index (χ4v) is 3.55. The molecule has 0 unspecified atom stereocenters. The quantitative estimate of drug-likeness (QED) is 0.779. The van der Waals surface area contributed by atoms with Crippen LogP contribution in [0.2, 0.25) is 0 Å². The molecule has 1 aliphatic rings. The van der Waals surface area contributed by atoms with E-state index in [4.69, 9.17) is 0 Å². The Morgan fingerprint density at radius 3 is 2.91 bits per heavy atom. The van der Waals surface area contributed by atoms with Crippen molar-refractivity contribution in [1.82, 2.24) is 10.2 Å². The fourth-order valence-electron chi connectivity index (χ4n) is 3.55. The molecule has 0 bridgehead atoms. The van der Waals surface area contributed by atoms with E-state index < -0.39 is 0 Å². The zero-order valence-corrected chi connectivity index (χ0v) is 15.0. The number of piperidine rings is 1. The highest BCUT2D eigenvalue weighted by atomic mass is 16.1. The highest BCUT2D eigenvalue weighted by molar-refractivity contribution is 5.78. The first-order valence-electron chi connectivity index (χ1n) is 9.17. The Kier molecular flexibility index (Phi) is 7.10. The Balaban J connectivity index is 1.69. The maximum absolute atomic E-state index is 12.1. The third-order valence-corrected chi connectivity index (χ3v) is 5.02. The van der Waals surface area contributed by atoms with Crippen LogP contribution in [0.15, 0.2) is 18.2 Å². The molecule has 2 rings (SSSR count). The predicted octanol–water partition coefficient (Wildman–Crippen LogP) is 3.62. The molecule has 0 spiro atoms. The number of hydrogen-bond acceptors (Lipinski definition) is 2. The summed E-state index contributed by atoms with van der Waals surface area (Å²) >= 11 is 0. The van der Waals surface area contributed by atoms with Crippen molar-refractivity contribution >= 4 is 5.91 Å². The van der Waals surface area contributed by atoms with Gasteiger partial charge in [-0.1, -0.05) is 37.1 Å². The summed E-state index contributed by atoms with van der Waals surface area (Å²) in [7, 11) is 0. The molecule has 1 N–H and O–H groups in total. The van der Waals surface area contributed by atoms with Crippen molar-refractivity contribution in [1.29, 1.82) is 0 Å². The second-order valence-electron chi connectivity index (χ2n) is 6.90. The number of rotatable bonds is 7. The van der Waals surface area contributed by atoms with Crippen molar-refractivity contribution in [3.05, 3.63) is 34.9 Å². The van der Waals surface area contributed by atoms with Crippen LogP contribution in [0.25, 0.3) is 0 Å². The third-order valence-electron chi connectivity index (χ3n) is 5.02. The van der Waals surface area contributed by atoms with Crippen molar-refractivity contribution in [3.63, 3.8) is 0 Å². The van der Waals surface area contributed by atoms with Gasteiger partial charge in [-0.3, -0.25) is 4.79 Å². The Morgan fingerprint density at radius 1 is 1.30 bits per heavy atom. The molecule has 0 aliphatic carbocycles. The minimum atomic E-state index is 0.143. The molecule has 1 amide bonds. The summed E-state index contributed by atoms with van der Waals surface area (Å²) in [6.07, 6.45) is 6.84. The number of hydrogen-bond donors (Lipinski definition) is 1. The van der Waals surface area contributed by atoms with Crippen LogP contribution >= 0.6 is 0 Å². The van der Waals surface area contributed by atoms with E-state index in [1.54, 1.807) is 0 Å². The van der Waals surface area contributed by atoms with E-state index in [2.05, 4.69) is 49.2 Å². The van der Waals surface area contributed by atoms with Gasteiger partial charge in [-0.05, 0) is 57.2 Å². The molecule has 1 aromatic carbocycles. The summed E-state index contributed by atoms with van der Waals surface area (Å²) in [6, 6.07) is 7.07. The standard InChI is InChI=1S/C20H32N2O/c1-4-19-8-5-6-12-22(19)13-7-11-21-20(23)15-18-14-16(2)9-10-17(18)3/h9-10,14,19H,4-8,11-13,15H2,1-3H3,(H,21,23)/t19-/m1/s1. The van der Waals surface area contributed by atoms with Crippen molar-refractivity contribution in [2.24, 2.45) is 0 Å². The fraction of sp³-hybridized carbons (Fsp3) is 0.650. The second kappa shape index (κ2) is 9.07. The van der Waals surface area contributed by atoms with E-state index in [1.807, 2.05) is 0 Å². The van der Waals surface area contributed by atoms with Gasteiger partial charge in [-0.2, -0.15) is 0 Å². The van der Waals surface area contributed by atoms with Crippen LogP contribution in [0, 0.1) is 13.8 Å². The van der Waals surface area contributed by atoms with Crippen molar-refractivity contribution in [3.8, 4) is 0 Å². The Labute approximate surface area is 141 Å². The predicted molar refractivity (Wildman–Crippen MR) is 96.7 cm³/mol. The van der Waals surface area contributed by atoms with Gasteiger partial charge in [0.05, 0.1) is 6.42 Å². The summed E-state index contributed by atoms with van der Waals surface area (Å²) in [5, 5.41) is 3.08. The molecule has 1 saturated heterocycles. The lowest BCUT2D eigenvalue weighted by atomic mass is 10.00. The molecule has 1 aromatic rings. The lowest BCUT2D eigenvalue weighted by Crippen LogP contribution is -2.40. The van der Waals surface area contributed by atoms with E-state index in [0.29, 0.717) is 6.42 Å². The number of amides is 1. The first kappa shape index (κ1) is 18.0. The Morgan fingerprint density at radius 2 is 2.13 bits per heavy atom. The van der Waals surface area contributed by atoms with Gasteiger partial charge >= 0.3 is 0 Å². The monoisotopic (exact) mass is 316 g/mol. The molecule has 23 heavy (non-hydrogen) atoms. The summed E-state index contributed by atoms with van der Waals surface area (Å²) in [6.45, 7) is 9.57. The van der Waals surface area contributed by atoms with Crippen LogP contribution in [-0.2, 0) is 11.2 Å². The van der Waals surface area contributed by atoms with Gasteiger partial charge in [0, 0.05) is 19.1 Å². The topological polar surface area (TPSA) is 32.3 Å². The number of aryl methyl sites for hydroxylation is 2. The molecule has 3 nitrogen and oxygen atoms in total. The average Bonchev–Trinajstić information content (AvgIpc) is 2.55. The van der Waals surface area contributed by atoms with Gasteiger partial charge in [-0.15, -0.1) is 0 Å². The zero-order valence-electron chi connectivity index (χ0n) is 15.0. The summed E-state index contributed by atoms with van der Waals surface area (Å²) in [5.74, 6) is 0.143. The van der Waals surface area contributed by atoms with Gasteiger partial charge in [0.15, 0.2) is 0 Å². The maximum atomic E-state index is 12.1. The van der Waals surface area contributed by atoms with Crippen molar-refractivity contribution in [2.45, 2.75) is 65.3 Å². The number of likely N-dealkylation sites (tertiary alicyclic amines) is 1. The number of nitrogens with zero attached hydrogens (tertiary/aromatic N) is 1. The zero-order chi connectivity index (χ0) is 16.7. The minimum absolute atomic E-state index is 0.143. The van der Waals surface area contributed by atoms with Gasteiger partial charge in [-0.25, -0.2) is 0 Å². The molecule has 3 heteroatoms. The first-order valence-corrected chi connectivity index (χ1v) is 9.17. The highest BCUT2D eigenvalue weighted by Crippen LogP contribution is 2.19. The molecule has 0 saturated carbocycles.